The van der Waals surface area contributed by atoms with Crippen molar-refractivity contribution < 1.29 is 23.5 Å². The Morgan fingerprint density at radius 3 is 2.47 bits per heavy atom. The number of carbonyl (C=O) groups is 2. The molecule has 0 bridgehead atoms. The van der Waals surface area contributed by atoms with E-state index in [1.807, 2.05) is 48.5 Å². The SMILES string of the molecule is O=C(/C=C/c1ccccc1Oc1ccccc1)N1C(=O)OC[C@@H]1c1ccc(F)cc1. The van der Waals surface area contributed by atoms with Crippen LogP contribution in [-0.2, 0) is 9.53 Å². The van der Waals surface area contributed by atoms with Gasteiger partial charge in [-0.3, -0.25) is 4.79 Å². The molecule has 0 aliphatic carbocycles. The van der Waals surface area contributed by atoms with Crippen molar-refractivity contribution in [3.8, 4) is 11.5 Å². The maximum atomic E-state index is 13.2. The minimum atomic E-state index is -0.729. The maximum absolute atomic E-state index is 13.2. The molecule has 1 fully saturated rings. The van der Waals surface area contributed by atoms with Gasteiger partial charge in [0.05, 0.1) is 0 Å². The average Bonchev–Trinajstić information content (AvgIpc) is 3.15. The maximum Gasteiger partial charge on any atom is 0.417 e. The van der Waals surface area contributed by atoms with Crippen molar-refractivity contribution in [1.29, 1.82) is 0 Å². The lowest BCUT2D eigenvalue weighted by Gasteiger charge is -2.18. The number of imide groups is 1. The number of ether oxygens (including phenoxy) is 2. The number of para-hydroxylation sites is 2. The Kier molecular flexibility index (Phi) is 5.57. The standard InChI is InChI=1S/C24H18FNO4/c25-19-13-10-17(11-14-19)21-16-29-24(28)26(21)23(27)15-12-18-6-4-5-9-22(18)30-20-7-2-1-3-8-20/h1-15,21H,16H2/b15-12+/t21-/m1/s1. The molecule has 30 heavy (non-hydrogen) atoms. The molecule has 150 valence electrons. The molecule has 4 rings (SSSR count). The Labute approximate surface area is 173 Å². The van der Waals surface area contributed by atoms with E-state index in [2.05, 4.69) is 0 Å². The lowest BCUT2D eigenvalue weighted by Crippen LogP contribution is -2.32. The van der Waals surface area contributed by atoms with E-state index >= 15 is 0 Å². The predicted octanol–water partition coefficient (Wildman–Crippen LogP) is 5.35. The largest absolute Gasteiger partial charge is 0.457 e. The highest BCUT2D eigenvalue weighted by molar-refractivity contribution is 6.02. The first kappa shape index (κ1) is 19.4. The van der Waals surface area contributed by atoms with Crippen LogP contribution in [0.2, 0.25) is 0 Å². The van der Waals surface area contributed by atoms with Gasteiger partial charge in [-0.25, -0.2) is 14.1 Å². The van der Waals surface area contributed by atoms with Gasteiger partial charge in [0.15, 0.2) is 0 Å². The van der Waals surface area contributed by atoms with Crippen molar-refractivity contribution in [3.63, 3.8) is 0 Å². The van der Waals surface area contributed by atoms with E-state index in [1.165, 1.54) is 30.3 Å². The second kappa shape index (κ2) is 8.61. The fourth-order valence-electron chi connectivity index (χ4n) is 3.16. The van der Waals surface area contributed by atoms with E-state index in [4.69, 9.17) is 9.47 Å². The molecule has 6 heteroatoms. The first-order valence-corrected chi connectivity index (χ1v) is 9.37. The Morgan fingerprint density at radius 1 is 1.00 bits per heavy atom. The normalized spacial score (nSPS) is 16.0. The molecular formula is C24H18FNO4. The summed E-state index contributed by atoms with van der Waals surface area (Å²) in [5, 5.41) is 0. The molecule has 0 spiro atoms. The van der Waals surface area contributed by atoms with Crippen LogP contribution in [0.3, 0.4) is 0 Å². The number of nitrogens with zero attached hydrogens (tertiary/aromatic N) is 1. The smallest absolute Gasteiger partial charge is 0.417 e. The summed E-state index contributed by atoms with van der Waals surface area (Å²) < 4.78 is 24.1. The summed E-state index contributed by atoms with van der Waals surface area (Å²) in [6.45, 7) is 0.0255. The fourth-order valence-corrected chi connectivity index (χ4v) is 3.16. The van der Waals surface area contributed by atoms with Crippen LogP contribution in [0.25, 0.3) is 6.08 Å². The summed E-state index contributed by atoms with van der Waals surface area (Å²) >= 11 is 0. The molecule has 0 radical (unpaired) electrons. The number of cyclic esters (lactones) is 1. The van der Waals surface area contributed by atoms with Crippen LogP contribution >= 0.6 is 0 Å². The lowest BCUT2D eigenvalue weighted by molar-refractivity contribution is -0.124. The molecule has 1 aliphatic heterocycles. The minimum Gasteiger partial charge on any atom is -0.457 e. The van der Waals surface area contributed by atoms with Crippen molar-refractivity contribution >= 4 is 18.1 Å². The van der Waals surface area contributed by atoms with E-state index in [-0.39, 0.29) is 6.61 Å². The molecule has 3 aromatic rings. The quantitative estimate of drug-likeness (QED) is 0.539. The third-order valence-corrected chi connectivity index (χ3v) is 4.66. The summed E-state index contributed by atoms with van der Waals surface area (Å²) in [4.78, 5) is 25.9. The number of hydrogen-bond acceptors (Lipinski definition) is 4. The van der Waals surface area contributed by atoms with Gasteiger partial charge in [0, 0.05) is 11.6 Å². The minimum absolute atomic E-state index is 0.0255. The molecule has 1 heterocycles. The number of benzene rings is 3. The Morgan fingerprint density at radius 2 is 1.70 bits per heavy atom. The van der Waals surface area contributed by atoms with E-state index in [0.717, 1.165) is 4.90 Å². The highest BCUT2D eigenvalue weighted by Crippen LogP contribution is 2.29. The molecule has 0 N–H and O–H groups in total. The zero-order valence-electron chi connectivity index (χ0n) is 15.9. The average molecular weight is 403 g/mol. The molecule has 1 aliphatic rings. The van der Waals surface area contributed by atoms with E-state index < -0.39 is 23.9 Å². The number of rotatable bonds is 5. The Balaban J connectivity index is 1.54. The third-order valence-electron chi connectivity index (χ3n) is 4.66. The monoisotopic (exact) mass is 403 g/mol. The number of hydrogen-bond donors (Lipinski definition) is 0. The van der Waals surface area contributed by atoms with Crippen LogP contribution in [0.4, 0.5) is 9.18 Å². The van der Waals surface area contributed by atoms with Gasteiger partial charge in [-0.2, -0.15) is 0 Å². The van der Waals surface area contributed by atoms with Gasteiger partial charge in [0.2, 0.25) is 0 Å². The molecule has 1 atom stereocenters. The van der Waals surface area contributed by atoms with Crippen LogP contribution < -0.4 is 4.74 Å². The van der Waals surface area contributed by atoms with Crippen LogP contribution in [-0.4, -0.2) is 23.5 Å². The van der Waals surface area contributed by atoms with E-state index in [1.54, 1.807) is 12.1 Å². The molecule has 0 unspecified atom stereocenters. The van der Waals surface area contributed by atoms with Crippen molar-refractivity contribution in [2.24, 2.45) is 0 Å². The number of amides is 2. The molecule has 3 aromatic carbocycles. The fraction of sp³-hybridized carbons (Fsp3) is 0.0833. The number of halogens is 1. The van der Waals surface area contributed by atoms with Crippen molar-refractivity contribution in [1.82, 2.24) is 4.90 Å². The highest BCUT2D eigenvalue weighted by atomic mass is 19.1. The third kappa shape index (κ3) is 4.22. The van der Waals surface area contributed by atoms with E-state index in [0.29, 0.717) is 22.6 Å². The molecule has 5 nitrogen and oxygen atoms in total. The summed E-state index contributed by atoms with van der Waals surface area (Å²) in [6, 6.07) is 21.6. The van der Waals surface area contributed by atoms with Gasteiger partial charge in [0.25, 0.3) is 5.91 Å². The topological polar surface area (TPSA) is 55.8 Å². The summed E-state index contributed by atoms with van der Waals surface area (Å²) in [6.07, 6.45) is 2.16. The predicted molar refractivity (Wildman–Crippen MR) is 109 cm³/mol. The summed E-state index contributed by atoms with van der Waals surface area (Å²) in [5.74, 6) is 0.328. The molecule has 1 saturated heterocycles. The molecule has 0 aromatic heterocycles. The molecule has 0 saturated carbocycles. The lowest BCUT2D eigenvalue weighted by atomic mass is 10.1. The molecule has 2 amide bonds. The second-order valence-electron chi connectivity index (χ2n) is 6.64. The van der Waals surface area contributed by atoms with Gasteiger partial charge < -0.3 is 9.47 Å². The van der Waals surface area contributed by atoms with Crippen molar-refractivity contribution in [2.45, 2.75) is 6.04 Å². The van der Waals surface area contributed by atoms with Gasteiger partial charge in [-0.15, -0.1) is 0 Å². The number of carbonyl (C=O) groups excluding carboxylic acids is 2. The van der Waals surface area contributed by atoms with Gasteiger partial charge in [-0.1, -0.05) is 48.5 Å². The van der Waals surface area contributed by atoms with Crippen molar-refractivity contribution in [2.75, 3.05) is 6.61 Å². The Bertz CT molecular complexity index is 1080. The zero-order valence-corrected chi connectivity index (χ0v) is 15.9. The first-order chi connectivity index (χ1) is 14.6. The second-order valence-corrected chi connectivity index (χ2v) is 6.64. The van der Waals surface area contributed by atoms with Crippen molar-refractivity contribution in [3.05, 3.63) is 102 Å². The molecular weight excluding hydrogens is 385 g/mol. The summed E-state index contributed by atoms with van der Waals surface area (Å²) in [7, 11) is 0. The highest BCUT2D eigenvalue weighted by Gasteiger charge is 2.37. The Hall–Kier alpha value is -3.93. The van der Waals surface area contributed by atoms with Gasteiger partial charge >= 0.3 is 6.09 Å². The van der Waals surface area contributed by atoms with Crippen LogP contribution in [0, 0.1) is 5.82 Å². The van der Waals surface area contributed by atoms with Crippen LogP contribution in [0.5, 0.6) is 11.5 Å². The van der Waals surface area contributed by atoms with E-state index in [9.17, 15) is 14.0 Å². The van der Waals surface area contributed by atoms with Gasteiger partial charge in [-0.05, 0) is 42.0 Å². The van der Waals surface area contributed by atoms with Crippen LogP contribution in [0.15, 0.2) is 84.9 Å². The first-order valence-electron chi connectivity index (χ1n) is 9.37. The van der Waals surface area contributed by atoms with Crippen LogP contribution in [0.1, 0.15) is 17.2 Å². The summed E-state index contributed by atoms with van der Waals surface area (Å²) in [5.41, 5.74) is 1.30. The zero-order chi connectivity index (χ0) is 20.9. The van der Waals surface area contributed by atoms with Gasteiger partial charge in [0.1, 0.15) is 30.0 Å².